The van der Waals surface area contributed by atoms with Gasteiger partial charge in [-0.25, -0.2) is 4.68 Å². The Morgan fingerprint density at radius 1 is 1.09 bits per heavy atom. The van der Waals surface area contributed by atoms with E-state index in [1.165, 1.54) is 6.07 Å². The number of piperazine rings is 1. The fourth-order valence-corrected chi connectivity index (χ4v) is 4.32. The van der Waals surface area contributed by atoms with Crippen LogP contribution in [0, 0.1) is 21.8 Å². The highest BCUT2D eigenvalue weighted by Crippen LogP contribution is 2.36. The summed E-state index contributed by atoms with van der Waals surface area (Å²) in [7, 11) is 0. The lowest BCUT2D eigenvalue weighted by molar-refractivity contribution is -0.384. The maximum Gasteiger partial charge on any atom is 0.416 e. The van der Waals surface area contributed by atoms with Crippen molar-refractivity contribution in [3.63, 3.8) is 0 Å². The van der Waals surface area contributed by atoms with Crippen molar-refractivity contribution in [2.75, 3.05) is 31.1 Å². The molecule has 3 aromatic rings. The number of hydrogen-bond acceptors (Lipinski definition) is 6. The molecule has 1 aliphatic heterocycles. The van der Waals surface area contributed by atoms with Crippen LogP contribution >= 0.6 is 12.2 Å². The van der Waals surface area contributed by atoms with Crippen LogP contribution in [0.25, 0.3) is 0 Å². The molecule has 0 bridgehead atoms. The van der Waals surface area contributed by atoms with E-state index in [9.17, 15) is 23.3 Å². The third-order valence-electron chi connectivity index (χ3n) is 5.84. The minimum Gasteiger partial charge on any atom is -0.363 e. The summed E-state index contributed by atoms with van der Waals surface area (Å²) >= 11 is 5.63. The van der Waals surface area contributed by atoms with Gasteiger partial charge in [-0.2, -0.15) is 18.3 Å². The predicted molar refractivity (Wildman–Crippen MR) is 123 cm³/mol. The van der Waals surface area contributed by atoms with Gasteiger partial charge < -0.3 is 4.90 Å². The number of rotatable bonds is 6. The van der Waals surface area contributed by atoms with Crippen LogP contribution in [-0.2, 0) is 19.4 Å². The van der Waals surface area contributed by atoms with Gasteiger partial charge in [-0.05, 0) is 36.8 Å². The van der Waals surface area contributed by atoms with Crippen molar-refractivity contribution in [1.82, 2.24) is 19.2 Å². The minimum absolute atomic E-state index is 0.192. The van der Waals surface area contributed by atoms with E-state index in [-0.39, 0.29) is 5.69 Å². The van der Waals surface area contributed by atoms with Gasteiger partial charge in [0.05, 0.1) is 23.7 Å². The fraction of sp³-hybridized carbons (Fsp3) is 0.364. The Hall–Kier alpha value is -3.25. The van der Waals surface area contributed by atoms with Crippen LogP contribution in [0.5, 0.6) is 0 Å². The van der Waals surface area contributed by atoms with Gasteiger partial charge >= 0.3 is 6.18 Å². The van der Waals surface area contributed by atoms with E-state index in [2.05, 4.69) is 10.00 Å². The molecule has 12 heteroatoms. The smallest absolute Gasteiger partial charge is 0.363 e. The van der Waals surface area contributed by atoms with E-state index in [4.69, 9.17) is 12.2 Å². The van der Waals surface area contributed by atoms with Gasteiger partial charge in [0.2, 0.25) is 0 Å². The predicted octanol–water partition coefficient (Wildman–Crippen LogP) is 4.48. The summed E-state index contributed by atoms with van der Waals surface area (Å²) in [6.07, 6.45) is -4.64. The average Bonchev–Trinajstić information content (AvgIpc) is 3.06. The maximum absolute atomic E-state index is 13.0. The summed E-state index contributed by atoms with van der Waals surface area (Å²) in [5, 5.41) is 16.0. The highest BCUT2D eigenvalue weighted by molar-refractivity contribution is 7.71. The van der Waals surface area contributed by atoms with Gasteiger partial charge in [-0.3, -0.25) is 19.6 Å². The van der Waals surface area contributed by atoms with E-state index in [0.717, 1.165) is 17.5 Å². The van der Waals surface area contributed by atoms with Gasteiger partial charge in [0.25, 0.3) is 5.69 Å². The molecule has 0 spiro atoms. The highest BCUT2D eigenvalue weighted by Gasteiger charge is 2.34. The molecule has 0 aliphatic carbocycles. The lowest BCUT2D eigenvalue weighted by Gasteiger charge is -2.35. The van der Waals surface area contributed by atoms with Crippen molar-refractivity contribution in [1.29, 1.82) is 0 Å². The second kappa shape index (κ2) is 9.55. The molecule has 2 aromatic carbocycles. The molecule has 1 fully saturated rings. The molecule has 0 amide bonds. The van der Waals surface area contributed by atoms with Crippen LogP contribution in [-0.4, -0.2) is 50.3 Å². The van der Waals surface area contributed by atoms with Crippen molar-refractivity contribution in [3.8, 4) is 0 Å². The number of hydrogen-bond donors (Lipinski definition) is 0. The van der Waals surface area contributed by atoms with E-state index in [1.807, 2.05) is 41.8 Å². The third kappa shape index (κ3) is 5.12. The molecule has 0 saturated carbocycles. The monoisotopic (exact) mass is 492 g/mol. The second-order valence-corrected chi connectivity index (χ2v) is 8.47. The molecule has 180 valence electrons. The quantitative estimate of drug-likeness (QED) is 0.287. The van der Waals surface area contributed by atoms with Crippen LogP contribution in [0.1, 0.15) is 17.0 Å². The first-order chi connectivity index (χ1) is 16.1. The van der Waals surface area contributed by atoms with Crippen LogP contribution < -0.4 is 4.90 Å². The summed E-state index contributed by atoms with van der Waals surface area (Å²) < 4.78 is 43.3. The van der Waals surface area contributed by atoms with Crippen LogP contribution in [0.15, 0.2) is 48.5 Å². The first kappa shape index (κ1) is 23.9. The number of benzene rings is 2. The Bertz CT molecular complexity index is 1230. The van der Waals surface area contributed by atoms with E-state index in [1.54, 1.807) is 9.58 Å². The van der Waals surface area contributed by atoms with Crippen molar-refractivity contribution >= 4 is 23.6 Å². The first-order valence-electron chi connectivity index (χ1n) is 10.6. The number of nitro benzene ring substituents is 1. The van der Waals surface area contributed by atoms with E-state index >= 15 is 0 Å². The topological polar surface area (TPSA) is 72.4 Å². The summed E-state index contributed by atoms with van der Waals surface area (Å²) in [6, 6.07) is 12.6. The van der Waals surface area contributed by atoms with Crippen LogP contribution in [0.4, 0.5) is 24.5 Å². The van der Waals surface area contributed by atoms with E-state index < -0.39 is 22.4 Å². The number of alkyl halides is 3. The Labute approximate surface area is 199 Å². The zero-order valence-electron chi connectivity index (χ0n) is 18.4. The highest BCUT2D eigenvalue weighted by atomic mass is 32.1. The molecule has 1 saturated heterocycles. The Kier molecular flexibility index (Phi) is 6.71. The number of nitrogens with zero attached hydrogens (tertiary/aromatic N) is 6. The first-order valence-corrected chi connectivity index (χ1v) is 11.1. The summed E-state index contributed by atoms with van der Waals surface area (Å²) in [5.74, 6) is 0.799. The summed E-state index contributed by atoms with van der Waals surface area (Å²) in [5.41, 5.74) is -0.261. The maximum atomic E-state index is 13.0. The number of aromatic nitrogens is 3. The molecular formula is C22H23F3N6O2S. The molecular weight excluding hydrogens is 469 g/mol. The Morgan fingerprint density at radius 3 is 2.38 bits per heavy atom. The molecule has 1 aliphatic rings. The van der Waals surface area contributed by atoms with Gasteiger partial charge in [0.15, 0.2) is 4.77 Å². The minimum atomic E-state index is -4.64. The van der Waals surface area contributed by atoms with Crippen molar-refractivity contribution in [3.05, 3.63) is 80.4 Å². The van der Waals surface area contributed by atoms with Crippen molar-refractivity contribution < 1.29 is 18.1 Å². The normalized spacial score (nSPS) is 15.0. The summed E-state index contributed by atoms with van der Waals surface area (Å²) in [4.78, 5) is 14.5. The SMILES string of the molecule is Cc1nn(CN2CCN(c3ccc(C(F)(F)F)cc3[N+](=O)[O-])CC2)c(=S)n1Cc1ccccc1. The molecule has 0 radical (unpaired) electrons. The number of nitro groups is 1. The molecule has 0 N–H and O–H groups in total. The Balaban J connectivity index is 1.44. The van der Waals surface area contributed by atoms with Crippen molar-refractivity contribution in [2.45, 2.75) is 26.3 Å². The molecule has 0 atom stereocenters. The third-order valence-corrected chi connectivity index (χ3v) is 6.27. The number of anilines is 1. The fourth-order valence-electron chi connectivity index (χ4n) is 4.02. The average molecular weight is 493 g/mol. The summed E-state index contributed by atoms with van der Waals surface area (Å²) in [6.45, 7) is 4.97. The molecule has 0 unspecified atom stereocenters. The van der Waals surface area contributed by atoms with Gasteiger partial charge in [0, 0.05) is 32.2 Å². The van der Waals surface area contributed by atoms with Gasteiger partial charge in [-0.15, -0.1) is 0 Å². The largest absolute Gasteiger partial charge is 0.416 e. The zero-order chi connectivity index (χ0) is 24.5. The molecule has 1 aromatic heterocycles. The van der Waals surface area contributed by atoms with Gasteiger partial charge in [0.1, 0.15) is 11.5 Å². The van der Waals surface area contributed by atoms with Crippen molar-refractivity contribution in [2.24, 2.45) is 0 Å². The lowest BCUT2D eigenvalue weighted by Crippen LogP contribution is -2.47. The lowest BCUT2D eigenvalue weighted by atomic mass is 10.1. The van der Waals surface area contributed by atoms with Gasteiger partial charge in [-0.1, -0.05) is 30.3 Å². The zero-order valence-corrected chi connectivity index (χ0v) is 19.2. The molecule has 4 rings (SSSR count). The molecule has 2 heterocycles. The number of aryl methyl sites for hydroxylation is 1. The number of halogens is 3. The molecule has 34 heavy (non-hydrogen) atoms. The Morgan fingerprint density at radius 2 is 1.76 bits per heavy atom. The van der Waals surface area contributed by atoms with Crippen LogP contribution in [0.2, 0.25) is 0 Å². The standard InChI is InChI=1S/C22H23F3N6O2S/c1-16-26-30(21(34)29(16)14-17-5-3-2-4-6-17)15-27-9-11-28(12-10-27)19-8-7-18(22(23,24)25)13-20(19)31(32)33/h2-8,13H,9-12,14-15H2,1H3. The van der Waals surface area contributed by atoms with E-state index in [0.29, 0.717) is 50.2 Å². The van der Waals surface area contributed by atoms with Crippen LogP contribution in [0.3, 0.4) is 0 Å². The second-order valence-electron chi connectivity index (χ2n) is 8.11. The molecule has 8 nitrogen and oxygen atoms in total.